The second kappa shape index (κ2) is 6.71. The van der Waals surface area contributed by atoms with E-state index in [-0.39, 0.29) is 0 Å². The maximum absolute atomic E-state index is 6.08. The molecule has 2 unspecified atom stereocenters. The minimum atomic E-state index is 0.571. The Morgan fingerprint density at radius 2 is 2.57 bits per heavy atom. The third-order valence-electron chi connectivity index (χ3n) is 3.83. The van der Waals surface area contributed by atoms with E-state index in [2.05, 4.69) is 27.2 Å². The van der Waals surface area contributed by atoms with Gasteiger partial charge in [-0.2, -0.15) is 0 Å². The third kappa shape index (κ3) is 3.14. The van der Waals surface area contributed by atoms with Gasteiger partial charge in [-0.15, -0.1) is 11.3 Å². The summed E-state index contributed by atoms with van der Waals surface area (Å²) in [6, 6.07) is 3.16. The first-order valence-electron chi connectivity index (χ1n) is 6.95. The summed E-state index contributed by atoms with van der Waals surface area (Å²) in [6.07, 6.45) is 1.22. The van der Waals surface area contributed by atoms with E-state index in [1.807, 2.05) is 18.5 Å². The smallest absolute Gasteiger partial charge is 0.109 e. The first-order chi connectivity index (χ1) is 10.2. The summed E-state index contributed by atoms with van der Waals surface area (Å²) in [5, 5.41) is 10.7. The van der Waals surface area contributed by atoms with Gasteiger partial charge >= 0.3 is 0 Å². The van der Waals surface area contributed by atoms with Crippen LogP contribution >= 0.6 is 34.7 Å². The summed E-state index contributed by atoms with van der Waals surface area (Å²) >= 11 is 9.49. The molecule has 2 aliphatic rings. The quantitative estimate of drug-likeness (QED) is 0.616. The molecule has 0 amide bonds. The summed E-state index contributed by atoms with van der Waals surface area (Å²) in [6.45, 7) is 5.90. The number of piperazine rings is 1. The first-order valence-corrected chi connectivity index (χ1v) is 9.20. The molecular weight excluding hydrogens is 324 g/mol. The van der Waals surface area contributed by atoms with Gasteiger partial charge in [0.05, 0.1) is 14.9 Å². The van der Waals surface area contributed by atoms with Gasteiger partial charge in [0.25, 0.3) is 0 Å². The lowest BCUT2D eigenvalue weighted by atomic mass is 10.2. The Hall–Kier alpha value is -0.530. The number of hydrogen-bond donors (Lipinski definition) is 2. The van der Waals surface area contributed by atoms with Crippen LogP contribution in [0.4, 0.5) is 0 Å². The van der Waals surface area contributed by atoms with Crippen molar-refractivity contribution in [3.63, 3.8) is 0 Å². The number of hydrogen-bond acceptors (Lipinski definition) is 6. The van der Waals surface area contributed by atoms with E-state index in [1.165, 1.54) is 11.4 Å². The molecule has 0 aromatic carbocycles. The highest BCUT2D eigenvalue weighted by Gasteiger charge is 2.39. The minimum Gasteiger partial charge on any atom is -0.359 e. The molecule has 0 aliphatic carbocycles. The molecule has 114 valence electrons. The van der Waals surface area contributed by atoms with E-state index in [4.69, 9.17) is 11.6 Å². The molecule has 2 fully saturated rings. The zero-order chi connectivity index (χ0) is 14.8. The highest BCUT2D eigenvalue weighted by atomic mass is 35.5. The van der Waals surface area contributed by atoms with Crippen molar-refractivity contribution in [2.24, 2.45) is 4.99 Å². The van der Waals surface area contributed by atoms with E-state index in [9.17, 15) is 0 Å². The fourth-order valence-electron chi connectivity index (χ4n) is 2.93. The summed E-state index contributed by atoms with van der Waals surface area (Å²) in [5.41, 5.74) is 0.958. The second-order valence-electron chi connectivity index (χ2n) is 5.23. The Morgan fingerprint density at radius 3 is 3.10 bits per heavy atom. The van der Waals surface area contributed by atoms with Crippen molar-refractivity contribution in [1.29, 1.82) is 0 Å². The van der Waals surface area contributed by atoms with Gasteiger partial charge < -0.3 is 15.5 Å². The average molecular weight is 343 g/mol. The van der Waals surface area contributed by atoms with Crippen LogP contribution in [0.2, 0.25) is 5.02 Å². The maximum atomic E-state index is 6.08. The van der Waals surface area contributed by atoms with Crippen molar-refractivity contribution in [3.05, 3.63) is 26.4 Å². The molecule has 1 aromatic rings. The Kier molecular flexibility index (Phi) is 4.91. The van der Waals surface area contributed by atoms with E-state index < -0.39 is 0 Å². The Labute approximate surface area is 138 Å². The highest BCUT2D eigenvalue weighted by molar-refractivity contribution is 8.03. The van der Waals surface area contributed by atoms with Crippen molar-refractivity contribution < 1.29 is 0 Å². The van der Waals surface area contributed by atoms with E-state index >= 15 is 0 Å². The zero-order valence-electron chi connectivity index (χ0n) is 11.9. The number of nitrogens with one attached hydrogen (secondary N) is 2. The summed E-state index contributed by atoms with van der Waals surface area (Å²) < 4.78 is 0. The van der Waals surface area contributed by atoms with Crippen LogP contribution in [0.1, 0.15) is 11.3 Å². The molecule has 2 saturated heterocycles. The molecule has 2 bridgehead atoms. The van der Waals surface area contributed by atoms with Gasteiger partial charge in [-0.05, 0) is 26.3 Å². The van der Waals surface area contributed by atoms with Crippen LogP contribution in [0.15, 0.2) is 21.5 Å². The van der Waals surface area contributed by atoms with Crippen LogP contribution < -0.4 is 10.6 Å². The molecule has 2 aliphatic heterocycles. The highest BCUT2D eigenvalue weighted by Crippen LogP contribution is 2.39. The van der Waals surface area contributed by atoms with Gasteiger partial charge in [0.1, 0.15) is 5.70 Å². The molecule has 1 aromatic heterocycles. The SMILES string of the molecule is C=N/C(=C(\SCNC)N1CC2CC1CN2)c1cc(Cl)cs1. The lowest BCUT2D eigenvalue weighted by molar-refractivity contribution is 0.303. The largest absolute Gasteiger partial charge is 0.359 e. The molecule has 2 atom stereocenters. The summed E-state index contributed by atoms with van der Waals surface area (Å²) in [4.78, 5) is 7.90. The lowest BCUT2D eigenvalue weighted by Crippen LogP contribution is -2.42. The monoisotopic (exact) mass is 342 g/mol. The van der Waals surface area contributed by atoms with E-state index in [0.717, 1.165) is 34.6 Å². The third-order valence-corrected chi connectivity index (χ3v) is 6.25. The number of thiophene rings is 1. The molecule has 3 rings (SSSR count). The van der Waals surface area contributed by atoms with Crippen LogP contribution in [-0.4, -0.2) is 49.7 Å². The van der Waals surface area contributed by atoms with Crippen LogP contribution in [0.25, 0.3) is 5.70 Å². The standard InChI is InChI=1S/C14H19ClN4S2/c1-16-8-21-14(19-6-10-4-11(19)5-18-10)13(17-2)12-3-9(15)7-20-12/h3,7,10-11,16,18H,2,4-6,8H2,1H3/b14-13-. The van der Waals surface area contributed by atoms with Gasteiger partial charge in [-0.1, -0.05) is 23.4 Å². The summed E-state index contributed by atoms with van der Waals surface area (Å²) in [5.74, 6) is 0.856. The molecule has 7 heteroatoms. The number of thioether (sulfide) groups is 1. The number of halogens is 1. The predicted octanol–water partition coefficient (Wildman–Crippen LogP) is 2.68. The molecule has 0 saturated carbocycles. The minimum absolute atomic E-state index is 0.571. The normalized spacial score (nSPS) is 25.3. The Balaban J connectivity index is 1.95. The van der Waals surface area contributed by atoms with Crippen molar-refractivity contribution >= 4 is 47.1 Å². The van der Waals surface area contributed by atoms with Gasteiger partial charge in [0, 0.05) is 36.4 Å². The molecular formula is C14H19ClN4S2. The van der Waals surface area contributed by atoms with Gasteiger partial charge in [0.15, 0.2) is 0 Å². The number of likely N-dealkylation sites (tertiary alicyclic amines) is 1. The van der Waals surface area contributed by atoms with E-state index in [0.29, 0.717) is 12.1 Å². The van der Waals surface area contributed by atoms with Gasteiger partial charge in [-0.3, -0.25) is 4.99 Å². The average Bonchev–Trinajstić information content (AvgIpc) is 3.20. The summed E-state index contributed by atoms with van der Waals surface area (Å²) in [7, 11) is 1.96. The van der Waals surface area contributed by atoms with Crippen LogP contribution in [0, 0.1) is 0 Å². The van der Waals surface area contributed by atoms with Crippen molar-refractivity contribution in [2.75, 3.05) is 26.0 Å². The molecule has 0 radical (unpaired) electrons. The zero-order valence-corrected chi connectivity index (χ0v) is 14.3. The molecule has 3 heterocycles. The number of fused-ring (bicyclic) bond motifs is 2. The van der Waals surface area contributed by atoms with Crippen molar-refractivity contribution in [2.45, 2.75) is 18.5 Å². The Morgan fingerprint density at radius 1 is 1.71 bits per heavy atom. The molecule has 2 N–H and O–H groups in total. The van der Waals surface area contributed by atoms with Crippen molar-refractivity contribution in [1.82, 2.24) is 15.5 Å². The van der Waals surface area contributed by atoms with Crippen LogP contribution in [0.3, 0.4) is 0 Å². The molecule has 4 nitrogen and oxygen atoms in total. The fourth-order valence-corrected chi connectivity index (χ4v) is 5.05. The number of rotatable bonds is 6. The number of nitrogens with zero attached hydrogens (tertiary/aromatic N) is 2. The maximum Gasteiger partial charge on any atom is 0.109 e. The topological polar surface area (TPSA) is 39.7 Å². The lowest BCUT2D eigenvalue weighted by Gasteiger charge is -2.32. The first kappa shape index (κ1) is 15.4. The fraction of sp³-hybridized carbons (Fsp3) is 0.500. The molecule has 21 heavy (non-hydrogen) atoms. The number of aliphatic imine (C=N–C) groups is 1. The van der Waals surface area contributed by atoms with Crippen molar-refractivity contribution in [3.8, 4) is 0 Å². The van der Waals surface area contributed by atoms with Crippen LogP contribution in [-0.2, 0) is 0 Å². The second-order valence-corrected chi connectivity index (χ2v) is 7.54. The van der Waals surface area contributed by atoms with E-state index in [1.54, 1.807) is 23.1 Å². The van der Waals surface area contributed by atoms with Crippen LogP contribution in [0.5, 0.6) is 0 Å². The van der Waals surface area contributed by atoms with Gasteiger partial charge in [-0.25, -0.2) is 0 Å². The molecule has 0 spiro atoms. The predicted molar refractivity (Wildman–Crippen MR) is 94.2 cm³/mol. The Bertz CT molecular complexity index is 557. The van der Waals surface area contributed by atoms with Gasteiger partial charge in [0.2, 0.25) is 0 Å².